The van der Waals surface area contributed by atoms with Crippen LogP contribution in [0.25, 0.3) is 0 Å². The first-order valence-electron chi connectivity index (χ1n) is 5.86. The smallest absolute Gasteiger partial charge is 0.306 e. The number of nitrogens with one attached hydrogen (secondary N) is 2. The topological polar surface area (TPSA) is 78.4 Å². The predicted octanol–water partition coefficient (Wildman–Crippen LogP) is 0.355. The van der Waals surface area contributed by atoms with E-state index in [1.54, 1.807) is 0 Å². The van der Waals surface area contributed by atoms with Gasteiger partial charge in [-0.25, -0.2) is 0 Å². The molecule has 0 saturated heterocycles. The third-order valence-corrected chi connectivity index (χ3v) is 2.86. The minimum atomic E-state index is -0.749. The number of amides is 1. The van der Waals surface area contributed by atoms with E-state index in [1.807, 2.05) is 6.92 Å². The van der Waals surface area contributed by atoms with Crippen LogP contribution >= 0.6 is 0 Å². The monoisotopic (exact) mass is 228 g/mol. The van der Waals surface area contributed by atoms with Gasteiger partial charge in [0.05, 0.1) is 12.5 Å². The van der Waals surface area contributed by atoms with Crippen molar-refractivity contribution in [2.45, 2.75) is 38.6 Å². The van der Waals surface area contributed by atoms with Crippen LogP contribution in [0.2, 0.25) is 0 Å². The van der Waals surface area contributed by atoms with Crippen molar-refractivity contribution >= 4 is 11.9 Å². The molecule has 0 heterocycles. The molecule has 5 nitrogen and oxygen atoms in total. The third kappa shape index (κ3) is 4.18. The van der Waals surface area contributed by atoms with Crippen LogP contribution in [0, 0.1) is 5.92 Å². The Balaban J connectivity index is 2.18. The van der Waals surface area contributed by atoms with Gasteiger partial charge in [0.15, 0.2) is 0 Å². The second-order valence-corrected chi connectivity index (χ2v) is 4.29. The lowest BCUT2D eigenvalue weighted by atomic mass is 10.1. The van der Waals surface area contributed by atoms with Crippen molar-refractivity contribution in [3.63, 3.8) is 0 Å². The lowest BCUT2D eigenvalue weighted by Crippen LogP contribution is -2.39. The highest BCUT2D eigenvalue weighted by atomic mass is 16.4. The standard InChI is InChI=1S/C11H20N2O3/c1-2-5-12-7-10(14)13-9-4-3-8(6-9)11(15)16/h8-9,12H,2-7H2,1H3,(H,13,14)(H,15,16)/t8-,9+/m1/s1. The minimum Gasteiger partial charge on any atom is -0.481 e. The van der Waals surface area contributed by atoms with E-state index in [0.29, 0.717) is 19.4 Å². The summed E-state index contributed by atoms with van der Waals surface area (Å²) >= 11 is 0. The van der Waals surface area contributed by atoms with Gasteiger partial charge in [-0.2, -0.15) is 0 Å². The summed E-state index contributed by atoms with van der Waals surface area (Å²) in [6.45, 7) is 3.19. The normalized spacial score (nSPS) is 24.3. The molecular formula is C11H20N2O3. The predicted molar refractivity (Wildman–Crippen MR) is 60.1 cm³/mol. The zero-order valence-corrected chi connectivity index (χ0v) is 9.66. The van der Waals surface area contributed by atoms with Crippen molar-refractivity contribution < 1.29 is 14.7 Å². The molecule has 0 unspecified atom stereocenters. The first-order chi connectivity index (χ1) is 7.63. The van der Waals surface area contributed by atoms with Crippen molar-refractivity contribution in [1.29, 1.82) is 0 Å². The molecule has 0 aromatic carbocycles. The molecule has 0 aliphatic heterocycles. The molecule has 0 bridgehead atoms. The van der Waals surface area contributed by atoms with E-state index in [2.05, 4.69) is 10.6 Å². The second-order valence-electron chi connectivity index (χ2n) is 4.29. The fourth-order valence-corrected chi connectivity index (χ4v) is 1.99. The molecule has 1 saturated carbocycles. The number of carbonyl (C=O) groups excluding carboxylic acids is 1. The Morgan fingerprint density at radius 3 is 2.69 bits per heavy atom. The largest absolute Gasteiger partial charge is 0.481 e. The van der Waals surface area contributed by atoms with Crippen molar-refractivity contribution in [2.24, 2.45) is 5.92 Å². The number of hydrogen-bond acceptors (Lipinski definition) is 3. The van der Waals surface area contributed by atoms with Crippen LogP contribution < -0.4 is 10.6 Å². The van der Waals surface area contributed by atoms with E-state index in [0.717, 1.165) is 19.4 Å². The summed E-state index contributed by atoms with van der Waals surface area (Å²) in [5.74, 6) is -1.07. The van der Waals surface area contributed by atoms with Gasteiger partial charge in [0, 0.05) is 6.04 Å². The number of carboxylic acids is 1. The SMILES string of the molecule is CCCNCC(=O)N[C@H]1CC[C@@H](C(=O)O)C1. The summed E-state index contributed by atoms with van der Waals surface area (Å²) in [4.78, 5) is 22.1. The van der Waals surface area contributed by atoms with Crippen LogP contribution in [-0.2, 0) is 9.59 Å². The van der Waals surface area contributed by atoms with Crippen LogP contribution in [0.1, 0.15) is 32.6 Å². The van der Waals surface area contributed by atoms with Gasteiger partial charge in [-0.3, -0.25) is 9.59 Å². The van der Waals surface area contributed by atoms with Crippen molar-refractivity contribution in [3.05, 3.63) is 0 Å². The summed E-state index contributed by atoms with van der Waals surface area (Å²) in [6, 6.07) is 0.0389. The van der Waals surface area contributed by atoms with Gasteiger partial charge < -0.3 is 15.7 Å². The number of aliphatic carboxylic acids is 1. The Bertz CT molecular complexity index is 256. The molecule has 1 aliphatic rings. The molecule has 16 heavy (non-hydrogen) atoms. The zero-order valence-electron chi connectivity index (χ0n) is 9.66. The Labute approximate surface area is 95.6 Å². The van der Waals surface area contributed by atoms with Gasteiger partial charge in [0.1, 0.15) is 0 Å². The van der Waals surface area contributed by atoms with E-state index in [9.17, 15) is 9.59 Å². The molecule has 0 spiro atoms. The van der Waals surface area contributed by atoms with Crippen LogP contribution in [0.5, 0.6) is 0 Å². The Morgan fingerprint density at radius 1 is 1.38 bits per heavy atom. The van der Waals surface area contributed by atoms with Crippen molar-refractivity contribution in [3.8, 4) is 0 Å². The molecule has 1 fully saturated rings. The average molecular weight is 228 g/mol. The van der Waals surface area contributed by atoms with Gasteiger partial charge >= 0.3 is 5.97 Å². The molecule has 0 radical (unpaired) electrons. The molecule has 3 N–H and O–H groups in total. The molecule has 0 aromatic rings. The molecule has 5 heteroatoms. The van der Waals surface area contributed by atoms with Gasteiger partial charge in [0.25, 0.3) is 0 Å². The lowest BCUT2D eigenvalue weighted by molar-refractivity contribution is -0.141. The third-order valence-electron chi connectivity index (χ3n) is 2.86. The van der Waals surface area contributed by atoms with E-state index in [4.69, 9.17) is 5.11 Å². The van der Waals surface area contributed by atoms with Crippen LogP contribution in [-0.4, -0.2) is 36.1 Å². The Hall–Kier alpha value is -1.10. The summed E-state index contributed by atoms with van der Waals surface area (Å²) < 4.78 is 0. The highest BCUT2D eigenvalue weighted by Crippen LogP contribution is 2.25. The highest BCUT2D eigenvalue weighted by Gasteiger charge is 2.30. The summed E-state index contributed by atoms with van der Waals surface area (Å²) in [5.41, 5.74) is 0. The van der Waals surface area contributed by atoms with E-state index in [1.165, 1.54) is 0 Å². The number of rotatable bonds is 6. The summed E-state index contributed by atoms with van der Waals surface area (Å²) in [7, 11) is 0. The molecule has 1 amide bonds. The Morgan fingerprint density at radius 2 is 2.12 bits per heavy atom. The van der Waals surface area contributed by atoms with E-state index >= 15 is 0 Å². The van der Waals surface area contributed by atoms with Crippen LogP contribution in [0.4, 0.5) is 0 Å². The fraction of sp³-hybridized carbons (Fsp3) is 0.818. The summed E-state index contributed by atoms with van der Waals surface area (Å²) in [5, 5.41) is 14.7. The minimum absolute atomic E-state index is 0.0375. The second kappa shape index (κ2) is 6.48. The Kier molecular flexibility index (Phi) is 5.25. The van der Waals surface area contributed by atoms with Crippen molar-refractivity contribution in [1.82, 2.24) is 10.6 Å². The first-order valence-corrected chi connectivity index (χ1v) is 5.86. The maximum Gasteiger partial charge on any atom is 0.306 e. The van der Waals surface area contributed by atoms with E-state index in [-0.39, 0.29) is 17.9 Å². The van der Waals surface area contributed by atoms with E-state index < -0.39 is 5.97 Å². The fourth-order valence-electron chi connectivity index (χ4n) is 1.99. The zero-order chi connectivity index (χ0) is 12.0. The van der Waals surface area contributed by atoms with Gasteiger partial charge in [-0.1, -0.05) is 6.92 Å². The van der Waals surface area contributed by atoms with Crippen LogP contribution in [0.15, 0.2) is 0 Å². The summed E-state index contributed by atoms with van der Waals surface area (Å²) in [6.07, 6.45) is 3.01. The molecule has 0 aromatic heterocycles. The average Bonchev–Trinajstić information content (AvgIpc) is 2.66. The molecule has 1 rings (SSSR count). The number of carbonyl (C=O) groups is 2. The maximum atomic E-state index is 11.4. The van der Waals surface area contributed by atoms with Crippen molar-refractivity contribution in [2.75, 3.05) is 13.1 Å². The molecule has 2 atom stereocenters. The molecule has 1 aliphatic carbocycles. The molecule has 92 valence electrons. The number of carboxylic acid groups (broad SMARTS) is 1. The molecular weight excluding hydrogens is 208 g/mol. The number of hydrogen-bond donors (Lipinski definition) is 3. The van der Waals surface area contributed by atoms with Crippen LogP contribution in [0.3, 0.4) is 0 Å². The maximum absolute atomic E-state index is 11.4. The highest BCUT2D eigenvalue weighted by molar-refractivity contribution is 5.78. The van der Waals surface area contributed by atoms with Gasteiger partial charge in [-0.15, -0.1) is 0 Å². The quantitative estimate of drug-likeness (QED) is 0.573. The van der Waals surface area contributed by atoms with Gasteiger partial charge in [0.2, 0.25) is 5.91 Å². The lowest BCUT2D eigenvalue weighted by Gasteiger charge is -2.12. The van der Waals surface area contributed by atoms with Gasteiger partial charge in [-0.05, 0) is 32.2 Å². The first kappa shape index (κ1) is 13.0.